The second kappa shape index (κ2) is 5.15. The first-order valence-electron chi connectivity index (χ1n) is 6.40. The van der Waals surface area contributed by atoms with Gasteiger partial charge in [-0.3, -0.25) is 9.69 Å². The Balaban J connectivity index is 1.76. The van der Waals surface area contributed by atoms with Gasteiger partial charge >= 0.3 is 0 Å². The Bertz CT molecular complexity index is 253. The van der Waals surface area contributed by atoms with Crippen LogP contribution in [-0.2, 0) is 4.79 Å². The van der Waals surface area contributed by atoms with Crippen LogP contribution in [0, 0.1) is 5.92 Å². The summed E-state index contributed by atoms with van der Waals surface area (Å²) in [6.45, 7) is 1.27. The highest BCUT2D eigenvalue weighted by molar-refractivity contribution is 5.78. The number of nitrogens with one attached hydrogen (secondary N) is 1. The summed E-state index contributed by atoms with van der Waals surface area (Å²) in [5, 5.41) is 3.03. The van der Waals surface area contributed by atoms with Crippen LogP contribution in [0.15, 0.2) is 0 Å². The highest BCUT2D eigenvalue weighted by Gasteiger charge is 2.31. The van der Waals surface area contributed by atoms with E-state index in [1.165, 1.54) is 19.3 Å². The van der Waals surface area contributed by atoms with Crippen molar-refractivity contribution >= 4 is 5.91 Å². The maximum absolute atomic E-state index is 11.7. The molecule has 0 aliphatic heterocycles. The fourth-order valence-corrected chi connectivity index (χ4v) is 2.72. The summed E-state index contributed by atoms with van der Waals surface area (Å²) >= 11 is 0. The molecule has 1 amide bonds. The van der Waals surface area contributed by atoms with E-state index in [-0.39, 0.29) is 5.91 Å². The van der Waals surface area contributed by atoms with E-state index in [1.807, 2.05) is 7.05 Å². The van der Waals surface area contributed by atoms with E-state index in [0.29, 0.717) is 24.5 Å². The van der Waals surface area contributed by atoms with Crippen molar-refractivity contribution in [2.75, 3.05) is 20.1 Å². The molecule has 0 bridgehead atoms. The molecule has 2 saturated carbocycles. The van der Waals surface area contributed by atoms with Gasteiger partial charge in [0.2, 0.25) is 5.91 Å². The number of nitrogens with zero attached hydrogens (tertiary/aromatic N) is 1. The molecule has 0 heterocycles. The summed E-state index contributed by atoms with van der Waals surface area (Å²) in [4.78, 5) is 13.9. The molecule has 0 saturated heterocycles. The Morgan fingerprint density at radius 3 is 2.75 bits per heavy atom. The average molecular weight is 225 g/mol. The van der Waals surface area contributed by atoms with E-state index in [2.05, 4.69) is 10.2 Å². The topological polar surface area (TPSA) is 58.4 Å². The zero-order valence-electron chi connectivity index (χ0n) is 10.1. The molecule has 4 heteroatoms. The van der Waals surface area contributed by atoms with Gasteiger partial charge in [0.25, 0.3) is 0 Å². The van der Waals surface area contributed by atoms with Crippen LogP contribution in [0.3, 0.4) is 0 Å². The summed E-state index contributed by atoms with van der Waals surface area (Å²) in [6, 6.07) is 0.977. The number of likely N-dealkylation sites (N-methyl/N-ethyl adjacent to an activating group) is 1. The molecular weight excluding hydrogens is 202 g/mol. The predicted octanol–water partition coefficient (Wildman–Crippen LogP) is 0.324. The second-order valence-electron chi connectivity index (χ2n) is 5.25. The molecule has 0 radical (unpaired) electrons. The SMILES string of the molecule is CN(CC(=O)NC1CC1)C1CCCC1CN. The van der Waals surface area contributed by atoms with Gasteiger partial charge in [-0.15, -0.1) is 0 Å². The van der Waals surface area contributed by atoms with E-state index in [9.17, 15) is 4.79 Å². The van der Waals surface area contributed by atoms with Crippen molar-refractivity contribution in [1.29, 1.82) is 0 Å². The highest BCUT2D eigenvalue weighted by Crippen LogP contribution is 2.28. The summed E-state index contributed by atoms with van der Waals surface area (Å²) < 4.78 is 0. The lowest BCUT2D eigenvalue weighted by atomic mass is 10.0. The summed E-state index contributed by atoms with van der Waals surface area (Å²) in [5.41, 5.74) is 5.76. The number of amides is 1. The third-order valence-corrected chi connectivity index (χ3v) is 3.82. The van der Waals surface area contributed by atoms with Crippen molar-refractivity contribution in [3.8, 4) is 0 Å². The van der Waals surface area contributed by atoms with Crippen LogP contribution >= 0.6 is 0 Å². The summed E-state index contributed by atoms with van der Waals surface area (Å²) in [6.07, 6.45) is 5.97. The summed E-state index contributed by atoms with van der Waals surface area (Å²) in [7, 11) is 2.05. The molecule has 0 aromatic carbocycles. The molecule has 2 aliphatic carbocycles. The smallest absolute Gasteiger partial charge is 0.234 e. The largest absolute Gasteiger partial charge is 0.352 e. The number of rotatable bonds is 5. The zero-order chi connectivity index (χ0) is 11.5. The van der Waals surface area contributed by atoms with Crippen molar-refractivity contribution in [2.24, 2.45) is 11.7 Å². The standard InChI is InChI=1S/C12H23N3O/c1-15(8-12(16)14-10-5-6-10)11-4-2-3-9(11)7-13/h9-11H,2-8,13H2,1H3,(H,14,16). The third kappa shape index (κ3) is 2.95. The fourth-order valence-electron chi connectivity index (χ4n) is 2.72. The van der Waals surface area contributed by atoms with Crippen LogP contribution in [-0.4, -0.2) is 43.0 Å². The predicted molar refractivity (Wildman–Crippen MR) is 64.0 cm³/mol. The molecule has 4 nitrogen and oxygen atoms in total. The van der Waals surface area contributed by atoms with E-state index >= 15 is 0 Å². The number of carbonyl (C=O) groups excluding carboxylic acids is 1. The van der Waals surface area contributed by atoms with Gasteiger partial charge in [-0.2, -0.15) is 0 Å². The quantitative estimate of drug-likeness (QED) is 0.708. The van der Waals surface area contributed by atoms with Gasteiger partial charge in [-0.05, 0) is 45.2 Å². The van der Waals surface area contributed by atoms with E-state index < -0.39 is 0 Å². The van der Waals surface area contributed by atoms with E-state index in [1.54, 1.807) is 0 Å². The van der Waals surface area contributed by atoms with Gasteiger partial charge < -0.3 is 11.1 Å². The molecule has 0 spiro atoms. The molecular formula is C12H23N3O. The Labute approximate surface area is 97.6 Å². The number of nitrogens with two attached hydrogens (primary N) is 1. The van der Waals surface area contributed by atoms with Crippen molar-refractivity contribution in [3.63, 3.8) is 0 Å². The fraction of sp³-hybridized carbons (Fsp3) is 0.917. The number of carbonyl (C=O) groups is 1. The lowest BCUT2D eigenvalue weighted by Crippen LogP contribution is -2.44. The molecule has 16 heavy (non-hydrogen) atoms. The van der Waals surface area contributed by atoms with Crippen LogP contribution in [0.1, 0.15) is 32.1 Å². The van der Waals surface area contributed by atoms with Crippen LogP contribution in [0.5, 0.6) is 0 Å². The normalized spacial score (nSPS) is 29.7. The van der Waals surface area contributed by atoms with Crippen LogP contribution < -0.4 is 11.1 Å². The van der Waals surface area contributed by atoms with E-state index in [0.717, 1.165) is 19.4 Å². The van der Waals surface area contributed by atoms with Gasteiger partial charge in [-0.1, -0.05) is 6.42 Å². The van der Waals surface area contributed by atoms with Crippen LogP contribution in [0.25, 0.3) is 0 Å². The van der Waals surface area contributed by atoms with Gasteiger partial charge in [0.05, 0.1) is 6.54 Å². The molecule has 0 aromatic rings. The van der Waals surface area contributed by atoms with Gasteiger partial charge in [-0.25, -0.2) is 0 Å². The molecule has 2 unspecified atom stereocenters. The first-order chi connectivity index (χ1) is 7.70. The number of hydrogen-bond donors (Lipinski definition) is 2. The lowest BCUT2D eigenvalue weighted by Gasteiger charge is -2.28. The van der Waals surface area contributed by atoms with E-state index in [4.69, 9.17) is 5.73 Å². The Hall–Kier alpha value is -0.610. The molecule has 3 N–H and O–H groups in total. The molecule has 2 atom stereocenters. The molecule has 2 fully saturated rings. The van der Waals surface area contributed by atoms with Crippen LogP contribution in [0.4, 0.5) is 0 Å². The second-order valence-corrected chi connectivity index (χ2v) is 5.25. The van der Waals surface area contributed by atoms with Gasteiger partial charge in [0.15, 0.2) is 0 Å². The van der Waals surface area contributed by atoms with Crippen LogP contribution in [0.2, 0.25) is 0 Å². The minimum Gasteiger partial charge on any atom is -0.352 e. The van der Waals surface area contributed by atoms with Gasteiger partial charge in [0, 0.05) is 12.1 Å². The minimum atomic E-state index is 0.174. The molecule has 2 rings (SSSR count). The van der Waals surface area contributed by atoms with Crippen molar-refractivity contribution < 1.29 is 4.79 Å². The van der Waals surface area contributed by atoms with Crippen molar-refractivity contribution in [1.82, 2.24) is 10.2 Å². The molecule has 0 aromatic heterocycles. The molecule has 2 aliphatic rings. The zero-order valence-corrected chi connectivity index (χ0v) is 10.1. The average Bonchev–Trinajstić information content (AvgIpc) is 2.93. The monoisotopic (exact) mass is 225 g/mol. The molecule has 92 valence electrons. The Morgan fingerprint density at radius 1 is 1.38 bits per heavy atom. The summed E-state index contributed by atoms with van der Waals surface area (Å²) in [5.74, 6) is 0.756. The minimum absolute atomic E-state index is 0.174. The maximum atomic E-state index is 11.7. The maximum Gasteiger partial charge on any atom is 0.234 e. The first-order valence-corrected chi connectivity index (χ1v) is 6.40. The number of hydrogen-bond acceptors (Lipinski definition) is 3. The highest BCUT2D eigenvalue weighted by atomic mass is 16.2. The first kappa shape index (κ1) is 11.9. The van der Waals surface area contributed by atoms with Crippen molar-refractivity contribution in [2.45, 2.75) is 44.2 Å². The van der Waals surface area contributed by atoms with Crippen molar-refractivity contribution in [3.05, 3.63) is 0 Å². The lowest BCUT2D eigenvalue weighted by molar-refractivity contribution is -0.122. The van der Waals surface area contributed by atoms with Gasteiger partial charge in [0.1, 0.15) is 0 Å². The Kier molecular flexibility index (Phi) is 3.82. The Morgan fingerprint density at radius 2 is 2.12 bits per heavy atom. The third-order valence-electron chi connectivity index (χ3n) is 3.82.